The summed E-state index contributed by atoms with van der Waals surface area (Å²) < 4.78 is 0. The van der Waals surface area contributed by atoms with Crippen LogP contribution in [0.5, 0.6) is 0 Å². The third-order valence-corrected chi connectivity index (χ3v) is 8.70. The number of fused-ring (bicyclic) bond motifs is 1. The van der Waals surface area contributed by atoms with E-state index < -0.39 is 8.07 Å². The van der Waals surface area contributed by atoms with Gasteiger partial charge in [0.25, 0.3) is 0 Å². The van der Waals surface area contributed by atoms with Gasteiger partial charge in [0.15, 0.2) is 0 Å². The van der Waals surface area contributed by atoms with Gasteiger partial charge in [-0.3, -0.25) is 10.5 Å². The molecule has 0 spiro atoms. The van der Waals surface area contributed by atoms with Crippen LogP contribution in [-0.2, 0) is 32.7 Å². The molecule has 0 unspecified atom stereocenters. The largest absolute Gasteiger partial charge is 4.00 e. The summed E-state index contributed by atoms with van der Waals surface area (Å²) in [5.41, 5.74) is 7.00. The molecule has 1 aromatic rings. The smallest absolute Gasteiger partial charge is 0.499 e. The Balaban J connectivity index is 0.000000288. The van der Waals surface area contributed by atoms with E-state index in [1.165, 1.54) is 101 Å². The Morgan fingerprint density at radius 3 is 1.85 bits per heavy atom. The van der Waals surface area contributed by atoms with Crippen LogP contribution in [-0.4, -0.2) is 25.6 Å². The Morgan fingerprint density at radius 2 is 1.36 bits per heavy atom. The summed E-state index contributed by atoms with van der Waals surface area (Å²) in [5.74, 6) is 0. The van der Waals surface area contributed by atoms with Gasteiger partial charge in [0, 0.05) is 6.54 Å². The third kappa shape index (κ3) is 9.53. The molecule has 0 N–H and O–H groups in total. The Bertz CT molecular complexity index is 662. The Morgan fingerprint density at radius 1 is 0.848 bits per heavy atom. The van der Waals surface area contributed by atoms with E-state index in [1.54, 1.807) is 0 Å². The van der Waals surface area contributed by atoms with Gasteiger partial charge >= 0.3 is 26.2 Å². The van der Waals surface area contributed by atoms with Crippen molar-refractivity contribution in [3.8, 4) is 0 Å². The monoisotopic (exact) mass is 541 g/mol. The Labute approximate surface area is 226 Å². The fraction of sp³-hybridized carbons (Fsp3) is 0.700. The fourth-order valence-electron chi connectivity index (χ4n) is 5.94. The standard InChI is InChI=1S/C20H29NSi.2C5H10.Zr/c1-20-13-9-8-12-19(20)21(14-17-10-6-5-7-11-17)15-18(20)16-22(2,3)4;2*1-2-4-5-3-1;/h5-7,10-11,19H,1,8-9,12-15H2,2-4H3;2*1-5H2;/q-2;;;+4/t19-,20-;;;/m1.../s1. The van der Waals surface area contributed by atoms with Crippen LogP contribution in [0, 0.1) is 18.0 Å². The zero-order chi connectivity index (χ0) is 22.9. The molecule has 3 aliphatic carbocycles. The molecule has 0 radical (unpaired) electrons. The minimum Gasteiger partial charge on any atom is -0.499 e. The average molecular weight is 543 g/mol. The summed E-state index contributed by atoms with van der Waals surface area (Å²) in [6.07, 6.45) is 20.2. The van der Waals surface area contributed by atoms with Gasteiger partial charge < -0.3 is 12.6 Å². The van der Waals surface area contributed by atoms with Crippen LogP contribution in [0.4, 0.5) is 0 Å². The maximum Gasteiger partial charge on any atom is 4.00 e. The van der Waals surface area contributed by atoms with Crippen LogP contribution in [0.25, 0.3) is 0 Å². The SMILES string of the molecule is C1CCCC1.C1CCCC1.[CH2-][C@]12CCCC[C@H]1N(Cc1ccccc1)CC2=[C-][Si](C)(C)C.[Zr+4]. The van der Waals surface area contributed by atoms with Crippen LogP contribution < -0.4 is 0 Å². The molecule has 2 atom stereocenters. The van der Waals surface area contributed by atoms with Crippen molar-refractivity contribution in [1.82, 2.24) is 4.90 Å². The molecule has 3 saturated carbocycles. The summed E-state index contributed by atoms with van der Waals surface area (Å²) >= 11 is 0. The number of nitrogens with zero attached hydrogens (tertiary/aromatic N) is 1. The molecule has 1 saturated heterocycles. The van der Waals surface area contributed by atoms with E-state index in [2.05, 4.69) is 60.6 Å². The minimum atomic E-state index is -1.32. The van der Waals surface area contributed by atoms with E-state index in [1.807, 2.05) is 0 Å². The van der Waals surface area contributed by atoms with Crippen molar-refractivity contribution < 1.29 is 26.2 Å². The first-order chi connectivity index (χ1) is 15.4. The molecule has 1 heterocycles. The number of rotatable bonds is 3. The van der Waals surface area contributed by atoms with E-state index in [0.29, 0.717) is 6.04 Å². The topological polar surface area (TPSA) is 3.24 Å². The van der Waals surface area contributed by atoms with E-state index >= 15 is 0 Å². The van der Waals surface area contributed by atoms with Gasteiger partial charge in [0.2, 0.25) is 0 Å². The van der Waals surface area contributed by atoms with Gasteiger partial charge in [0.05, 0.1) is 0 Å². The quantitative estimate of drug-likeness (QED) is 0.272. The van der Waals surface area contributed by atoms with Gasteiger partial charge in [-0.25, -0.2) is 0 Å². The van der Waals surface area contributed by atoms with Crippen molar-refractivity contribution in [2.45, 2.75) is 122 Å². The number of hydrogen-bond acceptors (Lipinski definition) is 1. The van der Waals surface area contributed by atoms with E-state index in [4.69, 9.17) is 6.92 Å². The second kappa shape index (κ2) is 14.5. The fourth-order valence-corrected chi connectivity index (χ4v) is 7.18. The van der Waals surface area contributed by atoms with E-state index in [9.17, 15) is 0 Å². The molecule has 1 aromatic carbocycles. The molecular weight excluding hydrogens is 494 g/mol. The Hall–Kier alpha value is 0.0200. The summed E-state index contributed by atoms with van der Waals surface area (Å²) in [6, 6.07) is 11.5. The first-order valence-electron chi connectivity index (χ1n) is 13.7. The number of benzene rings is 1. The molecule has 4 fully saturated rings. The second-order valence-corrected chi connectivity index (χ2v) is 16.4. The summed E-state index contributed by atoms with van der Waals surface area (Å²) in [7, 11) is -1.32. The predicted octanol–water partition coefficient (Wildman–Crippen LogP) is 8.77. The first-order valence-corrected chi connectivity index (χ1v) is 17.2. The van der Waals surface area contributed by atoms with Gasteiger partial charge in [-0.05, 0) is 24.6 Å². The maximum atomic E-state index is 4.73. The summed E-state index contributed by atoms with van der Waals surface area (Å²) in [4.78, 5) is 2.67. The zero-order valence-electron chi connectivity index (χ0n) is 21.9. The molecule has 1 nitrogen and oxygen atoms in total. The van der Waals surface area contributed by atoms with Crippen LogP contribution in [0.3, 0.4) is 0 Å². The van der Waals surface area contributed by atoms with Crippen molar-refractivity contribution in [1.29, 1.82) is 0 Å². The van der Waals surface area contributed by atoms with Gasteiger partial charge in [-0.2, -0.15) is 5.41 Å². The second-order valence-electron chi connectivity index (χ2n) is 11.7. The maximum absolute atomic E-state index is 4.73. The van der Waals surface area contributed by atoms with Crippen LogP contribution in [0.2, 0.25) is 19.6 Å². The van der Waals surface area contributed by atoms with E-state index in [0.717, 1.165) is 13.1 Å². The molecule has 4 aliphatic rings. The first kappa shape index (κ1) is 29.3. The molecule has 33 heavy (non-hydrogen) atoms. The summed E-state index contributed by atoms with van der Waals surface area (Å²) in [5, 5.41) is 0. The molecule has 3 heteroatoms. The molecular formula is C30H49NSiZr+2. The van der Waals surface area contributed by atoms with Crippen LogP contribution in [0.15, 0.2) is 35.9 Å². The van der Waals surface area contributed by atoms with Crippen molar-refractivity contribution in [2.24, 2.45) is 5.41 Å². The van der Waals surface area contributed by atoms with Crippen molar-refractivity contribution in [3.05, 3.63) is 54.1 Å². The predicted molar refractivity (Wildman–Crippen MR) is 143 cm³/mol. The van der Waals surface area contributed by atoms with Crippen molar-refractivity contribution >= 4 is 8.07 Å². The van der Waals surface area contributed by atoms with Crippen LogP contribution in [0.1, 0.15) is 95.5 Å². The summed E-state index contributed by atoms with van der Waals surface area (Å²) in [6.45, 7) is 14.0. The number of likely N-dealkylation sites (tertiary alicyclic amines) is 1. The van der Waals surface area contributed by atoms with Crippen molar-refractivity contribution in [3.63, 3.8) is 0 Å². The molecule has 0 aromatic heterocycles. The Kier molecular flexibility index (Phi) is 12.9. The molecule has 1 aliphatic heterocycles. The average Bonchev–Trinajstić information content (AvgIpc) is 3.54. The third-order valence-electron chi connectivity index (χ3n) is 7.65. The molecule has 0 amide bonds. The van der Waals surface area contributed by atoms with Gasteiger partial charge in [-0.1, -0.05) is 133 Å². The normalized spacial score (nSPS) is 28.2. The number of hydrogen-bond donors (Lipinski definition) is 0. The van der Waals surface area contributed by atoms with Crippen LogP contribution >= 0.6 is 0 Å². The van der Waals surface area contributed by atoms with Gasteiger partial charge in [0.1, 0.15) is 0 Å². The zero-order valence-corrected chi connectivity index (χ0v) is 25.4. The molecule has 5 rings (SSSR count). The molecule has 0 bridgehead atoms. The van der Waals surface area contributed by atoms with E-state index in [-0.39, 0.29) is 31.6 Å². The van der Waals surface area contributed by atoms with Gasteiger partial charge in [-0.15, -0.1) is 8.07 Å². The molecule has 180 valence electrons. The minimum absolute atomic E-state index is 0. The van der Waals surface area contributed by atoms with Crippen molar-refractivity contribution in [2.75, 3.05) is 6.54 Å².